The monoisotopic (exact) mass is 296 g/mol. The van der Waals surface area contributed by atoms with Crippen LogP contribution in [0.2, 0.25) is 0 Å². The fraction of sp³-hybridized carbons (Fsp3) is 0.417. The van der Waals surface area contributed by atoms with Crippen LogP contribution in [0.3, 0.4) is 0 Å². The zero-order valence-electron chi connectivity index (χ0n) is 9.36. The van der Waals surface area contributed by atoms with Gasteiger partial charge < -0.3 is 4.90 Å². The van der Waals surface area contributed by atoms with E-state index in [9.17, 15) is 9.59 Å². The van der Waals surface area contributed by atoms with Crippen LogP contribution in [-0.2, 0) is 10.1 Å². The number of carbonyl (C=O) groups excluding carboxylic acids is 2. The lowest BCUT2D eigenvalue weighted by Gasteiger charge is -2.25. The van der Waals surface area contributed by atoms with Crippen LogP contribution in [0.25, 0.3) is 0 Å². The normalized spacial score (nSPS) is 16.1. The summed E-state index contributed by atoms with van der Waals surface area (Å²) in [5.74, 6) is 0.150. The van der Waals surface area contributed by atoms with Crippen molar-refractivity contribution in [2.24, 2.45) is 0 Å². The standard InChI is InChI=1S/C12H13BrN2O2/c13-8-9-2-1-3-11(14-9)12(17)15-6-4-10(16)5-7-15/h1-3H,4-8H2. The smallest absolute Gasteiger partial charge is 0.272 e. The third kappa shape index (κ3) is 2.91. The summed E-state index contributed by atoms with van der Waals surface area (Å²) in [5, 5.41) is 0.632. The molecule has 5 heteroatoms. The maximum absolute atomic E-state index is 12.1. The summed E-state index contributed by atoms with van der Waals surface area (Å²) in [7, 11) is 0. The number of nitrogens with zero attached hydrogens (tertiary/aromatic N) is 2. The van der Waals surface area contributed by atoms with Crippen molar-refractivity contribution in [1.29, 1.82) is 0 Å². The van der Waals surface area contributed by atoms with Crippen LogP contribution in [0.15, 0.2) is 18.2 Å². The minimum atomic E-state index is -0.0831. The van der Waals surface area contributed by atoms with Gasteiger partial charge in [-0.3, -0.25) is 9.59 Å². The van der Waals surface area contributed by atoms with Crippen molar-refractivity contribution in [3.05, 3.63) is 29.6 Å². The van der Waals surface area contributed by atoms with E-state index in [1.165, 1.54) is 0 Å². The molecule has 1 aromatic heterocycles. The quantitative estimate of drug-likeness (QED) is 0.782. The number of halogens is 1. The molecule has 0 aromatic carbocycles. The number of hydrogen-bond donors (Lipinski definition) is 0. The van der Waals surface area contributed by atoms with E-state index in [2.05, 4.69) is 20.9 Å². The number of pyridine rings is 1. The molecule has 0 spiro atoms. The van der Waals surface area contributed by atoms with E-state index in [0.29, 0.717) is 37.0 Å². The van der Waals surface area contributed by atoms with Gasteiger partial charge in [0.05, 0.1) is 5.69 Å². The molecule has 0 bridgehead atoms. The number of ketones is 1. The van der Waals surface area contributed by atoms with Crippen LogP contribution in [0.5, 0.6) is 0 Å². The van der Waals surface area contributed by atoms with Gasteiger partial charge in [-0.1, -0.05) is 22.0 Å². The lowest BCUT2D eigenvalue weighted by atomic mass is 10.1. The number of aromatic nitrogens is 1. The molecule has 0 radical (unpaired) electrons. The Morgan fingerprint density at radius 1 is 1.35 bits per heavy atom. The molecule has 0 atom stereocenters. The summed E-state index contributed by atoms with van der Waals surface area (Å²) in [5.41, 5.74) is 1.29. The average molecular weight is 297 g/mol. The van der Waals surface area contributed by atoms with Gasteiger partial charge in [0, 0.05) is 31.3 Å². The highest BCUT2D eigenvalue weighted by Crippen LogP contribution is 2.11. The van der Waals surface area contributed by atoms with Crippen LogP contribution in [0.1, 0.15) is 29.0 Å². The van der Waals surface area contributed by atoms with Crippen molar-refractivity contribution >= 4 is 27.6 Å². The molecule has 1 aliphatic heterocycles. The van der Waals surface area contributed by atoms with E-state index in [-0.39, 0.29) is 11.7 Å². The van der Waals surface area contributed by atoms with Gasteiger partial charge >= 0.3 is 0 Å². The van der Waals surface area contributed by atoms with Gasteiger partial charge in [-0.05, 0) is 12.1 Å². The maximum Gasteiger partial charge on any atom is 0.272 e. The Morgan fingerprint density at radius 2 is 2.06 bits per heavy atom. The number of likely N-dealkylation sites (tertiary alicyclic amines) is 1. The predicted molar refractivity (Wildman–Crippen MR) is 67.0 cm³/mol. The summed E-state index contributed by atoms with van der Waals surface area (Å²) in [6, 6.07) is 5.40. The van der Waals surface area contributed by atoms with Crippen LogP contribution in [0, 0.1) is 0 Å². The van der Waals surface area contributed by atoms with E-state index in [1.54, 1.807) is 11.0 Å². The van der Waals surface area contributed by atoms with Gasteiger partial charge in [-0.2, -0.15) is 0 Å². The van der Waals surface area contributed by atoms with E-state index < -0.39 is 0 Å². The highest BCUT2D eigenvalue weighted by molar-refractivity contribution is 9.08. The van der Waals surface area contributed by atoms with Gasteiger partial charge in [0.2, 0.25) is 0 Å². The average Bonchev–Trinajstić information content (AvgIpc) is 2.39. The number of Topliss-reactive ketones (excluding diaryl/α,β-unsaturated/α-hetero) is 1. The molecule has 0 N–H and O–H groups in total. The van der Waals surface area contributed by atoms with E-state index >= 15 is 0 Å². The van der Waals surface area contributed by atoms with E-state index in [4.69, 9.17) is 0 Å². The fourth-order valence-corrected chi connectivity index (χ4v) is 2.11. The van der Waals surface area contributed by atoms with Gasteiger partial charge in [0.25, 0.3) is 5.91 Å². The molecule has 1 fully saturated rings. The maximum atomic E-state index is 12.1. The number of rotatable bonds is 2. The molecule has 17 heavy (non-hydrogen) atoms. The molecule has 4 nitrogen and oxygen atoms in total. The molecular formula is C12H13BrN2O2. The van der Waals surface area contributed by atoms with E-state index in [1.807, 2.05) is 12.1 Å². The molecule has 1 aliphatic rings. The topological polar surface area (TPSA) is 50.3 Å². The molecule has 2 rings (SSSR count). The third-order valence-corrected chi connectivity index (χ3v) is 3.35. The first-order valence-corrected chi connectivity index (χ1v) is 6.65. The van der Waals surface area contributed by atoms with Crippen molar-refractivity contribution in [3.8, 4) is 0 Å². The zero-order chi connectivity index (χ0) is 12.3. The highest BCUT2D eigenvalue weighted by Gasteiger charge is 2.22. The second kappa shape index (κ2) is 5.40. The number of piperidine rings is 1. The summed E-state index contributed by atoms with van der Waals surface area (Å²) in [4.78, 5) is 29.2. The minimum Gasteiger partial charge on any atom is -0.336 e. The van der Waals surface area contributed by atoms with Gasteiger partial charge in [-0.25, -0.2) is 4.98 Å². The first kappa shape index (κ1) is 12.2. The third-order valence-electron chi connectivity index (χ3n) is 2.77. The number of alkyl halides is 1. The molecular weight excluding hydrogens is 284 g/mol. The van der Waals surface area contributed by atoms with Crippen molar-refractivity contribution in [3.63, 3.8) is 0 Å². The summed E-state index contributed by atoms with van der Waals surface area (Å²) >= 11 is 3.31. The predicted octanol–water partition coefficient (Wildman–Crippen LogP) is 1.78. The Morgan fingerprint density at radius 3 is 2.71 bits per heavy atom. The Bertz CT molecular complexity index is 438. The molecule has 90 valence electrons. The van der Waals surface area contributed by atoms with E-state index in [0.717, 1.165) is 5.69 Å². The van der Waals surface area contributed by atoms with Crippen LogP contribution >= 0.6 is 15.9 Å². The van der Waals surface area contributed by atoms with Crippen LogP contribution < -0.4 is 0 Å². The number of amides is 1. The van der Waals surface area contributed by atoms with Crippen molar-refractivity contribution in [1.82, 2.24) is 9.88 Å². The lowest BCUT2D eigenvalue weighted by molar-refractivity contribution is -0.120. The highest BCUT2D eigenvalue weighted by atomic mass is 79.9. The lowest BCUT2D eigenvalue weighted by Crippen LogP contribution is -2.39. The summed E-state index contributed by atoms with van der Waals surface area (Å²) in [6.45, 7) is 1.02. The van der Waals surface area contributed by atoms with Crippen molar-refractivity contribution in [2.45, 2.75) is 18.2 Å². The number of hydrogen-bond acceptors (Lipinski definition) is 3. The largest absolute Gasteiger partial charge is 0.336 e. The van der Waals surface area contributed by atoms with Crippen molar-refractivity contribution < 1.29 is 9.59 Å². The minimum absolute atomic E-state index is 0.0831. The molecule has 1 amide bonds. The van der Waals surface area contributed by atoms with Gasteiger partial charge in [0.15, 0.2) is 0 Å². The fourth-order valence-electron chi connectivity index (χ4n) is 1.79. The van der Waals surface area contributed by atoms with Gasteiger partial charge in [0.1, 0.15) is 11.5 Å². The number of carbonyl (C=O) groups is 2. The van der Waals surface area contributed by atoms with Crippen LogP contribution in [-0.4, -0.2) is 34.7 Å². The second-order valence-corrected chi connectivity index (χ2v) is 4.54. The molecule has 1 aromatic rings. The zero-order valence-corrected chi connectivity index (χ0v) is 10.9. The molecule has 0 unspecified atom stereocenters. The SMILES string of the molecule is O=C1CCN(C(=O)c2cccc(CBr)n2)CC1. The summed E-state index contributed by atoms with van der Waals surface area (Å²) in [6.07, 6.45) is 0.924. The molecule has 2 heterocycles. The van der Waals surface area contributed by atoms with Gasteiger partial charge in [-0.15, -0.1) is 0 Å². The Labute approximate surface area is 108 Å². The first-order chi connectivity index (χ1) is 8.20. The van der Waals surface area contributed by atoms with Crippen molar-refractivity contribution in [2.75, 3.05) is 13.1 Å². The molecule has 0 aliphatic carbocycles. The molecule has 1 saturated heterocycles. The van der Waals surface area contributed by atoms with Crippen LogP contribution in [0.4, 0.5) is 0 Å². The summed E-state index contributed by atoms with van der Waals surface area (Å²) < 4.78 is 0. The Balaban J connectivity index is 2.10. The Hall–Kier alpha value is -1.23. The molecule has 0 saturated carbocycles. The first-order valence-electron chi connectivity index (χ1n) is 5.53. The Kier molecular flexibility index (Phi) is 3.89. The second-order valence-electron chi connectivity index (χ2n) is 3.98.